The molecule has 154 valence electrons. The number of hydrogen-bond acceptors (Lipinski definition) is 1. The number of nitrogens with two attached hydrogens (primary N) is 1. The molecule has 2 N–H and O–H groups in total. The number of benzene rings is 4. The largest absolute Gasteiger partial charge is 0.399 e. The first-order valence-electron chi connectivity index (χ1n) is 11.0. The van der Waals surface area contributed by atoms with Crippen LogP contribution in [0.25, 0.3) is 28.3 Å². The highest BCUT2D eigenvalue weighted by atomic mass is 14.5. The van der Waals surface area contributed by atoms with Crippen LogP contribution in [0.4, 0.5) is 5.69 Å². The normalized spacial score (nSPS) is 12.2. The van der Waals surface area contributed by atoms with Crippen molar-refractivity contribution >= 4 is 11.8 Å². The van der Waals surface area contributed by atoms with Crippen LogP contribution in [0, 0.1) is 0 Å². The maximum atomic E-state index is 5.80. The van der Waals surface area contributed by atoms with E-state index in [1.807, 2.05) is 12.1 Å². The molecule has 0 aliphatic carbocycles. The van der Waals surface area contributed by atoms with Crippen molar-refractivity contribution in [3.8, 4) is 22.3 Å². The molecule has 0 saturated carbocycles. The van der Waals surface area contributed by atoms with Gasteiger partial charge in [0.05, 0.1) is 0 Å². The predicted octanol–water partition coefficient (Wildman–Crippen LogP) is 8.20. The van der Waals surface area contributed by atoms with Gasteiger partial charge < -0.3 is 5.73 Å². The van der Waals surface area contributed by atoms with Crippen molar-refractivity contribution in [2.75, 3.05) is 5.73 Å². The molecule has 0 fully saturated rings. The second kappa shape index (κ2) is 9.95. The molecular weight excluding hydrogens is 374 g/mol. The smallest absolute Gasteiger partial charge is 0.0314 e. The fraction of sp³-hybridized carbons (Fsp3) is 0.133. The Hall–Kier alpha value is -3.58. The Morgan fingerprint density at radius 3 is 1.74 bits per heavy atom. The van der Waals surface area contributed by atoms with Crippen molar-refractivity contribution in [1.29, 1.82) is 0 Å². The average molecular weight is 404 g/mol. The zero-order valence-corrected chi connectivity index (χ0v) is 18.0. The summed E-state index contributed by atoms with van der Waals surface area (Å²) < 4.78 is 0. The summed E-state index contributed by atoms with van der Waals surface area (Å²) in [5, 5.41) is 0. The van der Waals surface area contributed by atoms with Crippen LogP contribution in [0.1, 0.15) is 36.8 Å². The number of nitrogen functional groups attached to an aromatic ring is 1. The number of rotatable bonds is 7. The molecular formula is C30H29N. The molecule has 4 aromatic carbocycles. The van der Waals surface area contributed by atoms with Gasteiger partial charge >= 0.3 is 0 Å². The molecule has 4 aromatic rings. The van der Waals surface area contributed by atoms with Crippen LogP contribution in [0.15, 0.2) is 109 Å². The first-order chi connectivity index (χ1) is 15.2. The van der Waals surface area contributed by atoms with Crippen molar-refractivity contribution in [2.45, 2.75) is 25.7 Å². The quantitative estimate of drug-likeness (QED) is 0.309. The highest BCUT2D eigenvalue weighted by Gasteiger charge is 2.08. The molecule has 0 spiro atoms. The Labute approximate surface area is 185 Å². The van der Waals surface area contributed by atoms with Gasteiger partial charge in [-0.1, -0.05) is 116 Å². The van der Waals surface area contributed by atoms with Gasteiger partial charge in [-0.05, 0) is 51.9 Å². The predicted molar refractivity (Wildman–Crippen MR) is 135 cm³/mol. The Kier molecular flexibility index (Phi) is 6.64. The third-order valence-electron chi connectivity index (χ3n) is 5.72. The van der Waals surface area contributed by atoms with Crippen molar-refractivity contribution in [3.05, 3.63) is 120 Å². The van der Waals surface area contributed by atoms with Gasteiger partial charge in [0.1, 0.15) is 0 Å². The number of hydrogen-bond donors (Lipinski definition) is 1. The van der Waals surface area contributed by atoms with Gasteiger partial charge in [0.15, 0.2) is 0 Å². The standard InChI is InChI=1S/C30H29N/c1-2-6-24(27-15-17-28(18-16-27)25-7-4-3-5-8-25)12-9-23-10-13-26(14-11-23)29-19-21-30(31)22-20-29/h3-5,7-22,24H,2,6,31H2,1H3/b12-9+. The van der Waals surface area contributed by atoms with E-state index in [4.69, 9.17) is 5.73 Å². The molecule has 0 aliphatic heterocycles. The van der Waals surface area contributed by atoms with Crippen molar-refractivity contribution in [1.82, 2.24) is 0 Å². The molecule has 1 atom stereocenters. The Morgan fingerprint density at radius 2 is 1.16 bits per heavy atom. The second-order valence-corrected chi connectivity index (χ2v) is 7.99. The average Bonchev–Trinajstić information content (AvgIpc) is 2.83. The fourth-order valence-electron chi connectivity index (χ4n) is 3.93. The third-order valence-corrected chi connectivity index (χ3v) is 5.72. The van der Waals surface area contributed by atoms with Crippen LogP contribution < -0.4 is 5.73 Å². The first-order valence-corrected chi connectivity index (χ1v) is 11.0. The molecule has 0 saturated heterocycles. The zero-order chi connectivity index (χ0) is 21.5. The summed E-state index contributed by atoms with van der Waals surface area (Å²) in [7, 11) is 0. The van der Waals surface area contributed by atoms with Crippen LogP contribution in [-0.2, 0) is 0 Å². The van der Waals surface area contributed by atoms with Crippen LogP contribution in [0.2, 0.25) is 0 Å². The lowest BCUT2D eigenvalue weighted by Gasteiger charge is -2.13. The monoisotopic (exact) mass is 403 g/mol. The molecule has 1 nitrogen and oxygen atoms in total. The Bertz CT molecular complexity index is 1110. The van der Waals surface area contributed by atoms with Crippen LogP contribution in [0.5, 0.6) is 0 Å². The molecule has 1 unspecified atom stereocenters. The highest BCUT2D eigenvalue weighted by molar-refractivity contribution is 5.67. The lowest BCUT2D eigenvalue weighted by atomic mass is 9.91. The van der Waals surface area contributed by atoms with E-state index < -0.39 is 0 Å². The van der Waals surface area contributed by atoms with Gasteiger partial charge in [-0.25, -0.2) is 0 Å². The van der Waals surface area contributed by atoms with Crippen LogP contribution >= 0.6 is 0 Å². The molecule has 31 heavy (non-hydrogen) atoms. The van der Waals surface area contributed by atoms with E-state index in [0.717, 1.165) is 18.5 Å². The molecule has 1 heteroatoms. The van der Waals surface area contributed by atoms with E-state index >= 15 is 0 Å². The van der Waals surface area contributed by atoms with Crippen LogP contribution in [0.3, 0.4) is 0 Å². The van der Waals surface area contributed by atoms with E-state index in [-0.39, 0.29) is 0 Å². The van der Waals surface area contributed by atoms with E-state index in [9.17, 15) is 0 Å². The maximum absolute atomic E-state index is 5.80. The minimum absolute atomic E-state index is 0.423. The molecule has 0 radical (unpaired) electrons. The topological polar surface area (TPSA) is 26.0 Å². The SMILES string of the molecule is CCCC(/C=C/c1ccc(-c2ccc(N)cc2)cc1)c1ccc(-c2ccccc2)cc1. The number of allylic oxidation sites excluding steroid dienone is 1. The molecule has 0 aromatic heterocycles. The second-order valence-electron chi connectivity index (χ2n) is 7.99. The summed E-state index contributed by atoms with van der Waals surface area (Å²) in [4.78, 5) is 0. The molecule has 0 heterocycles. The summed E-state index contributed by atoms with van der Waals surface area (Å²) in [6.45, 7) is 2.25. The van der Waals surface area contributed by atoms with Gasteiger partial charge in [0, 0.05) is 11.6 Å². The van der Waals surface area contributed by atoms with Gasteiger partial charge in [0.25, 0.3) is 0 Å². The summed E-state index contributed by atoms with van der Waals surface area (Å²) in [5.74, 6) is 0.423. The van der Waals surface area contributed by atoms with Gasteiger partial charge in [0.2, 0.25) is 0 Å². The van der Waals surface area contributed by atoms with E-state index in [0.29, 0.717) is 5.92 Å². The van der Waals surface area contributed by atoms with Crippen LogP contribution in [-0.4, -0.2) is 0 Å². The van der Waals surface area contributed by atoms with E-state index in [1.165, 1.54) is 33.4 Å². The minimum Gasteiger partial charge on any atom is -0.399 e. The lowest BCUT2D eigenvalue weighted by molar-refractivity contribution is 0.719. The number of anilines is 1. The highest BCUT2D eigenvalue weighted by Crippen LogP contribution is 2.28. The van der Waals surface area contributed by atoms with E-state index in [2.05, 4.69) is 110 Å². The summed E-state index contributed by atoms with van der Waals surface area (Å²) in [6.07, 6.45) is 6.90. The molecule has 0 amide bonds. The van der Waals surface area contributed by atoms with Gasteiger partial charge in [-0.2, -0.15) is 0 Å². The Morgan fingerprint density at radius 1 is 0.645 bits per heavy atom. The van der Waals surface area contributed by atoms with Gasteiger partial charge in [-0.3, -0.25) is 0 Å². The van der Waals surface area contributed by atoms with E-state index in [1.54, 1.807) is 0 Å². The first kappa shape index (κ1) is 20.7. The third kappa shape index (κ3) is 5.32. The molecule has 0 bridgehead atoms. The lowest BCUT2D eigenvalue weighted by Crippen LogP contribution is -1.95. The van der Waals surface area contributed by atoms with Crippen molar-refractivity contribution < 1.29 is 0 Å². The molecule has 0 aliphatic rings. The maximum Gasteiger partial charge on any atom is 0.0314 e. The van der Waals surface area contributed by atoms with Gasteiger partial charge in [-0.15, -0.1) is 0 Å². The zero-order valence-electron chi connectivity index (χ0n) is 18.0. The Balaban J connectivity index is 1.49. The van der Waals surface area contributed by atoms with Crippen molar-refractivity contribution in [2.24, 2.45) is 0 Å². The summed E-state index contributed by atoms with van der Waals surface area (Å²) in [6, 6.07) is 36.3. The van der Waals surface area contributed by atoms with Crippen molar-refractivity contribution in [3.63, 3.8) is 0 Å². The molecule has 4 rings (SSSR count). The minimum atomic E-state index is 0.423. The fourth-order valence-corrected chi connectivity index (χ4v) is 3.93. The summed E-state index contributed by atoms with van der Waals surface area (Å²) >= 11 is 0. The summed E-state index contributed by atoms with van der Waals surface area (Å²) in [5.41, 5.74) is 14.1.